The predicted octanol–water partition coefficient (Wildman–Crippen LogP) is 3.54. The van der Waals surface area contributed by atoms with Crippen LogP contribution in [-0.2, 0) is 0 Å². The van der Waals surface area contributed by atoms with Gasteiger partial charge in [0.05, 0.1) is 10.6 Å². The highest BCUT2D eigenvalue weighted by Gasteiger charge is 2.38. The van der Waals surface area contributed by atoms with Crippen molar-refractivity contribution in [2.24, 2.45) is 0 Å². The van der Waals surface area contributed by atoms with Gasteiger partial charge in [-0.3, -0.25) is 4.90 Å². The van der Waals surface area contributed by atoms with Crippen molar-refractivity contribution in [1.82, 2.24) is 4.90 Å². The molecular formula is C13H17Cl2NOS. The number of β-amino-alcohol motifs (C(OH)–C–C–N with tert-alkyl or cyclic N) is 1. The fraction of sp³-hybridized carbons (Fsp3) is 0.538. The second-order valence-electron chi connectivity index (χ2n) is 4.71. The first-order valence-corrected chi connectivity index (χ1v) is 7.79. The minimum atomic E-state index is -0.446. The fourth-order valence-electron chi connectivity index (χ4n) is 2.04. The molecule has 18 heavy (non-hydrogen) atoms. The second-order valence-corrected chi connectivity index (χ2v) is 6.69. The van der Waals surface area contributed by atoms with Crippen molar-refractivity contribution in [3.05, 3.63) is 28.2 Å². The molecule has 100 valence electrons. The van der Waals surface area contributed by atoms with E-state index in [2.05, 4.69) is 4.90 Å². The number of hydrogen-bond donors (Lipinski definition) is 1. The Morgan fingerprint density at radius 2 is 2.11 bits per heavy atom. The minimum Gasteiger partial charge on any atom is -0.387 e. The van der Waals surface area contributed by atoms with Gasteiger partial charge in [-0.25, -0.2) is 0 Å². The molecular weight excluding hydrogens is 289 g/mol. The highest BCUT2D eigenvalue weighted by Crippen LogP contribution is 2.31. The number of halogens is 2. The van der Waals surface area contributed by atoms with Gasteiger partial charge in [0.1, 0.15) is 0 Å². The molecule has 1 aliphatic heterocycles. The minimum absolute atomic E-state index is 0.446. The summed E-state index contributed by atoms with van der Waals surface area (Å²) in [5.41, 5.74) is -0.446. The van der Waals surface area contributed by atoms with Gasteiger partial charge in [0.2, 0.25) is 0 Å². The Balaban J connectivity index is 1.75. The average molecular weight is 306 g/mol. The van der Waals surface area contributed by atoms with Crippen LogP contribution in [0.15, 0.2) is 23.1 Å². The van der Waals surface area contributed by atoms with Crippen LogP contribution in [-0.4, -0.2) is 41.0 Å². The smallest absolute Gasteiger partial charge is 0.0897 e. The molecule has 1 saturated heterocycles. The summed E-state index contributed by atoms with van der Waals surface area (Å²) in [7, 11) is 0. The first kappa shape index (κ1) is 14.5. The fourth-order valence-corrected chi connectivity index (χ4v) is 3.54. The number of rotatable bonds is 5. The molecule has 0 saturated carbocycles. The van der Waals surface area contributed by atoms with Crippen LogP contribution in [0.25, 0.3) is 0 Å². The van der Waals surface area contributed by atoms with Gasteiger partial charge in [-0.05, 0) is 24.6 Å². The molecule has 1 aromatic rings. The standard InChI is InChI=1S/C13H17Cl2NOS/c1-2-13(17)8-16(9-13)5-6-18-12-7-10(14)3-4-11(12)15/h3-4,7,17H,2,5-6,8-9H2,1H3. The number of nitrogens with zero attached hydrogens (tertiary/aromatic N) is 1. The summed E-state index contributed by atoms with van der Waals surface area (Å²) in [5, 5.41) is 11.4. The van der Waals surface area contributed by atoms with E-state index >= 15 is 0 Å². The highest BCUT2D eigenvalue weighted by molar-refractivity contribution is 7.99. The van der Waals surface area contributed by atoms with Crippen molar-refractivity contribution >= 4 is 35.0 Å². The molecule has 1 aromatic carbocycles. The Kier molecular flexibility index (Phi) is 4.84. The van der Waals surface area contributed by atoms with Gasteiger partial charge in [-0.1, -0.05) is 30.1 Å². The molecule has 0 bridgehead atoms. The number of benzene rings is 1. The number of aliphatic hydroxyl groups is 1. The third kappa shape index (κ3) is 3.55. The average Bonchev–Trinajstić information content (AvgIpc) is 2.31. The number of hydrogen-bond acceptors (Lipinski definition) is 3. The first-order chi connectivity index (χ1) is 8.52. The zero-order valence-corrected chi connectivity index (χ0v) is 12.7. The highest BCUT2D eigenvalue weighted by atomic mass is 35.5. The summed E-state index contributed by atoms with van der Waals surface area (Å²) in [6.45, 7) is 4.56. The molecule has 0 unspecified atom stereocenters. The normalized spacial score (nSPS) is 18.7. The lowest BCUT2D eigenvalue weighted by Crippen LogP contribution is -2.61. The zero-order chi connectivity index (χ0) is 13.2. The lowest BCUT2D eigenvalue weighted by Gasteiger charge is -2.46. The largest absolute Gasteiger partial charge is 0.387 e. The summed E-state index contributed by atoms with van der Waals surface area (Å²) in [6.07, 6.45) is 0.830. The Bertz CT molecular complexity index is 421. The zero-order valence-electron chi connectivity index (χ0n) is 10.3. The quantitative estimate of drug-likeness (QED) is 0.842. The molecule has 0 atom stereocenters. The number of likely N-dealkylation sites (tertiary alicyclic amines) is 1. The number of thioether (sulfide) groups is 1. The van der Waals surface area contributed by atoms with Gasteiger partial charge in [-0.15, -0.1) is 11.8 Å². The molecule has 1 aliphatic rings. The summed E-state index contributed by atoms with van der Waals surface area (Å²) < 4.78 is 0. The lowest BCUT2D eigenvalue weighted by atomic mass is 9.92. The van der Waals surface area contributed by atoms with Crippen LogP contribution >= 0.6 is 35.0 Å². The topological polar surface area (TPSA) is 23.5 Å². The maximum absolute atomic E-state index is 9.90. The van der Waals surface area contributed by atoms with Gasteiger partial charge in [0.25, 0.3) is 0 Å². The van der Waals surface area contributed by atoms with Crippen molar-refractivity contribution < 1.29 is 5.11 Å². The molecule has 0 radical (unpaired) electrons. The predicted molar refractivity (Wildman–Crippen MR) is 78.9 cm³/mol. The summed E-state index contributed by atoms with van der Waals surface area (Å²) in [5.74, 6) is 0.958. The van der Waals surface area contributed by atoms with Crippen molar-refractivity contribution in [1.29, 1.82) is 0 Å². The van der Waals surface area contributed by atoms with E-state index in [0.29, 0.717) is 5.02 Å². The van der Waals surface area contributed by atoms with E-state index in [0.717, 1.165) is 41.7 Å². The van der Waals surface area contributed by atoms with E-state index in [9.17, 15) is 5.11 Å². The van der Waals surface area contributed by atoms with Crippen molar-refractivity contribution in [2.45, 2.75) is 23.8 Å². The van der Waals surface area contributed by atoms with Crippen molar-refractivity contribution in [2.75, 3.05) is 25.4 Å². The Morgan fingerprint density at radius 1 is 1.39 bits per heavy atom. The van der Waals surface area contributed by atoms with E-state index in [4.69, 9.17) is 23.2 Å². The maximum Gasteiger partial charge on any atom is 0.0897 e. The summed E-state index contributed by atoms with van der Waals surface area (Å²) in [4.78, 5) is 3.28. The van der Waals surface area contributed by atoms with E-state index < -0.39 is 5.60 Å². The molecule has 1 fully saturated rings. The van der Waals surface area contributed by atoms with Gasteiger partial charge in [0, 0.05) is 35.3 Å². The third-order valence-electron chi connectivity index (χ3n) is 3.25. The summed E-state index contributed by atoms with van der Waals surface area (Å²) >= 11 is 13.7. The van der Waals surface area contributed by atoms with Crippen molar-refractivity contribution in [3.8, 4) is 0 Å². The molecule has 0 aromatic heterocycles. The van der Waals surface area contributed by atoms with E-state index in [1.807, 2.05) is 19.1 Å². The molecule has 5 heteroatoms. The Morgan fingerprint density at radius 3 is 2.78 bits per heavy atom. The van der Waals surface area contributed by atoms with Crippen molar-refractivity contribution in [3.63, 3.8) is 0 Å². The molecule has 2 rings (SSSR count). The van der Waals surface area contributed by atoms with Gasteiger partial charge >= 0.3 is 0 Å². The van der Waals surface area contributed by atoms with Gasteiger partial charge in [-0.2, -0.15) is 0 Å². The first-order valence-electron chi connectivity index (χ1n) is 6.05. The lowest BCUT2D eigenvalue weighted by molar-refractivity contribution is -0.0965. The van der Waals surface area contributed by atoms with Crippen LogP contribution in [0.3, 0.4) is 0 Å². The summed E-state index contributed by atoms with van der Waals surface area (Å²) in [6, 6.07) is 5.52. The second kappa shape index (κ2) is 6.02. The van der Waals surface area contributed by atoms with E-state index in [1.54, 1.807) is 17.8 Å². The van der Waals surface area contributed by atoms with E-state index in [-0.39, 0.29) is 0 Å². The van der Waals surface area contributed by atoms with Crippen LogP contribution in [0.5, 0.6) is 0 Å². The molecule has 0 amide bonds. The van der Waals surface area contributed by atoms with Crippen LogP contribution in [0, 0.1) is 0 Å². The Labute approximate surface area is 122 Å². The molecule has 0 spiro atoms. The molecule has 1 heterocycles. The van der Waals surface area contributed by atoms with Crippen LogP contribution in [0.4, 0.5) is 0 Å². The van der Waals surface area contributed by atoms with Gasteiger partial charge < -0.3 is 5.11 Å². The maximum atomic E-state index is 9.90. The monoisotopic (exact) mass is 305 g/mol. The third-order valence-corrected chi connectivity index (χ3v) is 4.96. The molecule has 1 N–H and O–H groups in total. The van der Waals surface area contributed by atoms with Crippen LogP contribution < -0.4 is 0 Å². The van der Waals surface area contributed by atoms with E-state index in [1.165, 1.54) is 0 Å². The molecule has 0 aliphatic carbocycles. The Hall–Kier alpha value is 0.0700. The van der Waals surface area contributed by atoms with Gasteiger partial charge in [0.15, 0.2) is 0 Å². The SMILES string of the molecule is CCC1(O)CN(CCSc2cc(Cl)ccc2Cl)C1. The van der Waals surface area contributed by atoms with Crippen LogP contribution in [0.2, 0.25) is 10.0 Å². The van der Waals surface area contributed by atoms with Crippen LogP contribution in [0.1, 0.15) is 13.3 Å². The molecule has 2 nitrogen and oxygen atoms in total.